The van der Waals surface area contributed by atoms with Crippen LogP contribution in [0.1, 0.15) is 44.7 Å². The van der Waals surface area contributed by atoms with Crippen molar-refractivity contribution in [1.82, 2.24) is 15.0 Å². The van der Waals surface area contributed by atoms with Gasteiger partial charge in [0.2, 0.25) is 21.8 Å². The zero-order valence-electron chi connectivity index (χ0n) is 19.4. The van der Waals surface area contributed by atoms with Crippen molar-refractivity contribution in [3.05, 3.63) is 60.3 Å². The van der Waals surface area contributed by atoms with Gasteiger partial charge in [0.05, 0.1) is 47.2 Å². The molecule has 1 aromatic carbocycles. The van der Waals surface area contributed by atoms with Gasteiger partial charge in [-0.2, -0.15) is 0 Å². The molecule has 2 aromatic heterocycles. The van der Waals surface area contributed by atoms with Crippen LogP contribution in [0.4, 0.5) is 15.9 Å². The van der Waals surface area contributed by atoms with Gasteiger partial charge >= 0.3 is 0 Å². The molecule has 2 N–H and O–H groups in total. The van der Waals surface area contributed by atoms with Crippen molar-refractivity contribution in [2.24, 2.45) is 0 Å². The molecule has 184 valence electrons. The van der Waals surface area contributed by atoms with Crippen molar-refractivity contribution < 1.29 is 22.3 Å². The maximum Gasteiger partial charge on any atom is 0.236 e. The quantitative estimate of drug-likeness (QED) is 0.430. The number of carbonyl (C=O) groups excluding carboxylic acids is 1. The first kappa shape index (κ1) is 24.5. The summed E-state index contributed by atoms with van der Waals surface area (Å²) in [7, 11) is -3.48. The van der Waals surface area contributed by atoms with Crippen molar-refractivity contribution in [2.75, 3.05) is 16.6 Å². The lowest BCUT2D eigenvalue weighted by atomic mass is 10.0. The first-order valence-corrected chi connectivity index (χ1v) is 12.9. The van der Waals surface area contributed by atoms with E-state index in [2.05, 4.69) is 25.0 Å². The average molecular weight is 500 g/mol. The van der Waals surface area contributed by atoms with E-state index in [1.807, 2.05) is 6.92 Å². The van der Waals surface area contributed by atoms with Crippen molar-refractivity contribution in [3.8, 4) is 17.1 Å². The molecular formula is C24H26FN5O4S. The SMILES string of the molecule is CCOc1cncc(-c2ccc(NC(=O)C(CC)c3cccc(NS(=O)(=O)C4CC4)n3)c(F)c2)n1. The number of aromatic nitrogens is 3. The van der Waals surface area contributed by atoms with Gasteiger partial charge < -0.3 is 10.1 Å². The van der Waals surface area contributed by atoms with Crippen molar-refractivity contribution in [1.29, 1.82) is 0 Å². The van der Waals surface area contributed by atoms with Crippen LogP contribution >= 0.6 is 0 Å². The van der Waals surface area contributed by atoms with E-state index in [9.17, 15) is 17.6 Å². The summed E-state index contributed by atoms with van der Waals surface area (Å²) in [6.45, 7) is 4.06. The molecule has 1 aliphatic rings. The summed E-state index contributed by atoms with van der Waals surface area (Å²) in [6, 6.07) is 9.17. The van der Waals surface area contributed by atoms with E-state index in [-0.39, 0.29) is 11.5 Å². The molecule has 0 saturated heterocycles. The molecule has 0 aliphatic heterocycles. The summed E-state index contributed by atoms with van der Waals surface area (Å²) in [4.78, 5) is 25.7. The zero-order valence-corrected chi connectivity index (χ0v) is 20.2. The van der Waals surface area contributed by atoms with Crippen LogP contribution in [0.25, 0.3) is 11.3 Å². The van der Waals surface area contributed by atoms with Crippen molar-refractivity contribution in [3.63, 3.8) is 0 Å². The Morgan fingerprint density at radius 3 is 2.66 bits per heavy atom. The second-order valence-corrected chi connectivity index (χ2v) is 10.1. The molecule has 4 rings (SSSR count). The largest absolute Gasteiger partial charge is 0.477 e. The number of benzene rings is 1. The van der Waals surface area contributed by atoms with Crippen LogP contribution in [-0.2, 0) is 14.8 Å². The molecule has 1 saturated carbocycles. The first-order chi connectivity index (χ1) is 16.8. The third-order valence-corrected chi connectivity index (χ3v) is 7.33. The van der Waals surface area contributed by atoms with Crippen molar-refractivity contribution >= 4 is 27.4 Å². The second kappa shape index (κ2) is 10.3. The topological polar surface area (TPSA) is 123 Å². The van der Waals surface area contributed by atoms with Crippen LogP contribution < -0.4 is 14.8 Å². The number of sulfonamides is 1. The number of halogens is 1. The van der Waals surface area contributed by atoms with Gasteiger partial charge in [-0.25, -0.2) is 22.8 Å². The van der Waals surface area contributed by atoms with E-state index in [1.54, 1.807) is 25.1 Å². The van der Waals surface area contributed by atoms with Gasteiger partial charge in [0, 0.05) is 5.56 Å². The minimum Gasteiger partial charge on any atom is -0.477 e. The number of hydrogen-bond acceptors (Lipinski definition) is 7. The van der Waals surface area contributed by atoms with E-state index < -0.39 is 32.9 Å². The Morgan fingerprint density at radius 1 is 1.17 bits per heavy atom. The summed E-state index contributed by atoms with van der Waals surface area (Å²) in [6.07, 6.45) is 4.62. The highest BCUT2D eigenvalue weighted by Crippen LogP contribution is 2.30. The fourth-order valence-corrected chi connectivity index (χ4v) is 4.87. The Labute approximate surface area is 203 Å². The van der Waals surface area contributed by atoms with E-state index in [4.69, 9.17) is 4.74 Å². The van der Waals surface area contributed by atoms with Gasteiger partial charge in [-0.15, -0.1) is 0 Å². The number of nitrogens with zero attached hydrogens (tertiary/aromatic N) is 3. The molecule has 0 radical (unpaired) electrons. The van der Waals surface area contributed by atoms with E-state index >= 15 is 0 Å². The van der Waals surface area contributed by atoms with Gasteiger partial charge in [-0.3, -0.25) is 14.5 Å². The van der Waals surface area contributed by atoms with Gasteiger partial charge in [-0.1, -0.05) is 19.1 Å². The number of amides is 1. The number of hydrogen-bond donors (Lipinski definition) is 2. The number of ether oxygens (including phenoxy) is 1. The molecule has 35 heavy (non-hydrogen) atoms. The number of rotatable bonds is 10. The monoisotopic (exact) mass is 499 g/mol. The Hall–Kier alpha value is -3.60. The molecule has 1 fully saturated rings. The molecule has 2 heterocycles. The number of nitrogens with one attached hydrogen (secondary N) is 2. The van der Waals surface area contributed by atoms with Crippen LogP contribution in [0, 0.1) is 5.82 Å². The Morgan fingerprint density at radius 2 is 1.97 bits per heavy atom. The highest BCUT2D eigenvalue weighted by Gasteiger charge is 2.36. The third-order valence-electron chi connectivity index (χ3n) is 5.49. The lowest BCUT2D eigenvalue weighted by Crippen LogP contribution is -2.23. The fraction of sp³-hybridized carbons (Fsp3) is 0.333. The number of anilines is 2. The Balaban J connectivity index is 1.49. The summed E-state index contributed by atoms with van der Waals surface area (Å²) in [5.41, 5.74) is 1.32. The van der Waals surface area contributed by atoms with E-state index in [0.29, 0.717) is 48.7 Å². The predicted octanol–water partition coefficient (Wildman–Crippen LogP) is 4.11. The highest BCUT2D eigenvalue weighted by molar-refractivity contribution is 7.93. The van der Waals surface area contributed by atoms with Gasteiger partial charge in [0.1, 0.15) is 11.6 Å². The fourth-order valence-electron chi connectivity index (χ4n) is 3.54. The highest BCUT2D eigenvalue weighted by atomic mass is 32.2. The Bertz CT molecular complexity index is 1330. The molecule has 1 unspecified atom stereocenters. The van der Waals surface area contributed by atoms with E-state index in [0.717, 1.165) is 0 Å². The molecule has 1 aliphatic carbocycles. The maximum absolute atomic E-state index is 14.9. The minimum absolute atomic E-state index is 0.0108. The molecule has 11 heteroatoms. The maximum atomic E-state index is 14.9. The normalized spacial score (nSPS) is 14.3. The predicted molar refractivity (Wildman–Crippen MR) is 130 cm³/mol. The average Bonchev–Trinajstić information content (AvgIpc) is 3.68. The van der Waals surface area contributed by atoms with Crippen LogP contribution in [0.15, 0.2) is 48.8 Å². The zero-order chi connectivity index (χ0) is 25.0. The first-order valence-electron chi connectivity index (χ1n) is 11.3. The summed E-state index contributed by atoms with van der Waals surface area (Å²) >= 11 is 0. The Kier molecular flexibility index (Phi) is 7.25. The van der Waals surface area contributed by atoms with Crippen LogP contribution in [0.3, 0.4) is 0 Å². The van der Waals surface area contributed by atoms with Gasteiger partial charge in [-0.05, 0) is 50.5 Å². The molecule has 0 spiro atoms. The van der Waals surface area contributed by atoms with Crippen LogP contribution in [0.2, 0.25) is 0 Å². The summed E-state index contributed by atoms with van der Waals surface area (Å²) in [5, 5.41) is 2.22. The summed E-state index contributed by atoms with van der Waals surface area (Å²) < 4.78 is 47.1. The molecular weight excluding hydrogens is 473 g/mol. The van der Waals surface area contributed by atoms with Crippen LogP contribution in [-0.4, -0.2) is 41.1 Å². The van der Waals surface area contributed by atoms with Crippen LogP contribution in [0.5, 0.6) is 5.88 Å². The number of carbonyl (C=O) groups is 1. The molecule has 1 amide bonds. The second-order valence-electron chi connectivity index (χ2n) is 8.11. The summed E-state index contributed by atoms with van der Waals surface area (Å²) in [5.74, 6) is -1.29. The lowest BCUT2D eigenvalue weighted by Gasteiger charge is -2.16. The lowest BCUT2D eigenvalue weighted by molar-refractivity contribution is -0.117. The third kappa shape index (κ3) is 5.91. The molecule has 9 nitrogen and oxygen atoms in total. The van der Waals surface area contributed by atoms with E-state index in [1.165, 1.54) is 30.6 Å². The smallest absolute Gasteiger partial charge is 0.236 e. The van der Waals surface area contributed by atoms with Crippen molar-refractivity contribution in [2.45, 2.75) is 44.3 Å². The molecule has 0 bridgehead atoms. The molecule has 1 atom stereocenters. The minimum atomic E-state index is -3.48. The standard InChI is InChI=1S/C24H26FN5O4S/c1-3-17(19-6-5-7-22(27-19)30-35(32,33)16-9-10-16)24(31)29-20-11-8-15(12-18(20)25)21-13-26-14-23(28-21)34-4-2/h5-8,11-14,16-17H,3-4,9-10H2,1-2H3,(H,27,30)(H,29,31). The van der Waals surface area contributed by atoms with Gasteiger partial charge in [0.25, 0.3) is 0 Å². The number of pyridine rings is 1. The van der Waals surface area contributed by atoms with Gasteiger partial charge in [0.15, 0.2) is 0 Å². The molecule has 3 aromatic rings.